The fraction of sp³-hybridized carbons (Fsp3) is 0.407. The normalized spacial score (nSPS) is 16.8. The maximum Gasteiger partial charge on any atom is 0.233 e. The molecular weight excluding hydrogens is 414 g/mol. The van der Waals surface area contributed by atoms with Crippen molar-refractivity contribution in [1.29, 1.82) is 0 Å². The molecule has 1 aliphatic carbocycles. The van der Waals surface area contributed by atoms with Crippen molar-refractivity contribution in [3.8, 4) is 11.3 Å². The molecule has 6 heteroatoms. The first-order valence-electron chi connectivity index (χ1n) is 12.0. The lowest BCUT2D eigenvalue weighted by Crippen LogP contribution is -2.38. The van der Waals surface area contributed by atoms with Crippen LogP contribution in [0.15, 0.2) is 65.2 Å². The summed E-state index contributed by atoms with van der Waals surface area (Å²) in [6, 6.07) is 20.3. The summed E-state index contributed by atoms with van der Waals surface area (Å²) in [5, 5.41) is 4.48. The molecule has 172 valence electrons. The molecule has 6 nitrogen and oxygen atoms in total. The number of rotatable bonds is 7. The number of benzene rings is 2. The highest BCUT2D eigenvalue weighted by atomic mass is 16.5. The van der Waals surface area contributed by atoms with Gasteiger partial charge in [-0.3, -0.25) is 4.79 Å². The van der Waals surface area contributed by atoms with E-state index in [2.05, 4.69) is 22.2 Å². The minimum atomic E-state index is 0.112. The number of ether oxygens (including phenoxy) is 1. The minimum absolute atomic E-state index is 0.112. The van der Waals surface area contributed by atoms with Crippen molar-refractivity contribution in [2.45, 2.75) is 38.8 Å². The highest BCUT2D eigenvalue weighted by Crippen LogP contribution is 2.35. The molecular formula is C27H31N3O3. The summed E-state index contributed by atoms with van der Waals surface area (Å²) in [7, 11) is 0. The summed E-state index contributed by atoms with van der Waals surface area (Å²) < 4.78 is 11.5. The first-order chi connectivity index (χ1) is 16.3. The summed E-state index contributed by atoms with van der Waals surface area (Å²) in [6.07, 6.45) is 4.24. The highest BCUT2D eigenvalue weighted by molar-refractivity contribution is 5.80. The summed E-state index contributed by atoms with van der Waals surface area (Å²) in [4.78, 5) is 17.9. The largest absolute Gasteiger partial charge is 0.378 e. The number of hydrogen-bond donors (Lipinski definition) is 0. The van der Waals surface area contributed by atoms with Crippen LogP contribution in [0.3, 0.4) is 0 Å². The van der Waals surface area contributed by atoms with Crippen molar-refractivity contribution in [3.05, 3.63) is 71.8 Å². The standard InChI is InChI=1S/C27H31N3O3/c31-26(23-13-7-8-14-23)30(19-21-9-3-1-4-10-21)20-24-25(22-11-5-2-6-12-22)28-33-27(24)29-15-17-32-18-16-29/h1-6,9-12,23H,7-8,13-20H2. The molecule has 1 saturated carbocycles. The third kappa shape index (κ3) is 4.96. The molecule has 0 atom stereocenters. The van der Waals surface area contributed by atoms with E-state index in [9.17, 15) is 4.79 Å². The third-order valence-electron chi connectivity index (χ3n) is 6.69. The Hall–Kier alpha value is -3.12. The molecule has 2 aromatic carbocycles. The van der Waals surface area contributed by atoms with Crippen LogP contribution in [0.5, 0.6) is 0 Å². The Morgan fingerprint density at radius 3 is 2.30 bits per heavy atom. The summed E-state index contributed by atoms with van der Waals surface area (Å²) in [5.74, 6) is 1.11. The van der Waals surface area contributed by atoms with Crippen LogP contribution in [-0.4, -0.2) is 42.3 Å². The number of anilines is 1. The van der Waals surface area contributed by atoms with Crippen LogP contribution < -0.4 is 4.90 Å². The predicted molar refractivity (Wildman–Crippen MR) is 128 cm³/mol. The first kappa shape index (κ1) is 21.7. The van der Waals surface area contributed by atoms with Crippen LogP contribution in [0.25, 0.3) is 11.3 Å². The Kier molecular flexibility index (Phi) is 6.72. The van der Waals surface area contributed by atoms with E-state index >= 15 is 0 Å². The molecule has 0 spiro atoms. The zero-order valence-corrected chi connectivity index (χ0v) is 19.0. The van der Waals surface area contributed by atoms with Crippen LogP contribution in [0.1, 0.15) is 36.8 Å². The molecule has 0 N–H and O–H groups in total. The van der Waals surface area contributed by atoms with E-state index in [1.165, 1.54) is 0 Å². The predicted octanol–water partition coefficient (Wildman–Crippen LogP) is 4.90. The quantitative estimate of drug-likeness (QED) is 0.518. The highest BCUT2D eigenvalue weighted by Gasteiger charge is 2.31. The van der Waals surface area contributed by atoms with Gasteiger partial charge in [0.2, 0.25) is 11.8 Å². The number of carbonyl (C=O) groups excluding carboxylic acids is 1. The Bertz CT molecular complexity index is 1040. The Balaban J connectivity index is 1.51. The molecule has 0 unspecified atom stereocenters. The fourth-order valence-corrected chi connectivity index (χ4v) is 4.92. The molecule has 2 heterocycles. The maximum absolute atomic E-state index is 13.7. The zero-order valence-electron chi connectivity index (χ0n) is 19.0. The van der Waals surface area contributed by atoms with Gasteiger partial charge in [-0.15, -0.1) is 0 Å². The van der Waals surface area contributed by atoms with Gasteiger partial charge in [-0.1, -0.05) is 78.7 Å². The van der Waals surface area contributed by atoms with Crippen LogP contribution in [-0.2, 0) is 22.6 Å². The number of aromatic nitrogens is 1. The second-order valence-corrected chi connectivity index (χ2v) is 8.94. The van der Waals surface area contributed by atoms with Gasteiger partial charge in [0.15, 0.2) is 0 Å². The Labute approximate surface area is 195 Å². The topological polar surface area (TPSA) is 58.8 Å². The average molecular weight is 446 g/mol. The lowest BCUT2D eigenvalue weighted by molar-refractivity contribution is -0.136. The summed E-state index contributed by atoms with van der Waals surface area (Å²) in [5.41, 5.74) is 3.93. The molecule has 33 heavy (non-hydrogen) atoms. The molecule has 3 aromatic rings. The second kappa shape index (κ2) is 10.2. The Morgan fingerprint density at radius 2 is 1.61 bits per heavy atom. The lowest BCUT2D eigenvalue weighted by Gasteiger charge is -2.29. The lowest BCUT2D eigenvalue weighted by atomic mass is 10.0. The molecule has 1 saturated heterocycles. The van der Waals surface area contributed by atoms with E-state index < -0.39 is 0 Å². The van der Waals surface area contributed by atoms with Gasteiger partial charge < -0.3 is 19.1 Å². The Morgan fingerprint density at radius 1 is 0.939 bits per heavy atom. The minimum Gasteiger partial charge on any atom is -0.378 e. The van der Waals surface area contributed by atoms with Crippen LogP contribution in [0.4, 0.5) is 5.88 Å². The molecule has 2 aliphatic rings. The van der Waals surface area contributed by atoms with Gasteiger partial charge in [-0.25, -0.2) is 0 Å². The monoisotopic (exact) mass is 445 g/mol. The fourth-order valence-electron chi connectivity index (χ4n) is 4.92. The van der Waals surface area contributed by atoms with Crippen LogP contribution in [0, 0.1) is 5.92 Å². The van der Waals surface area contributed by atoms with E-state index in [4.69, 9.17) is 9.26 Å². The van der Waals surface area contributed by atoms with Crippen molar-refractivity contribution in [3.63, 3.8) is 0 Å². The van der Waals surface area contributed by atoms with E-state index in [0.29, 0.717) is 26.3 Å². The van der Waals surface area contributed by atoms with Crippen LogP contribution in [0.2, 0.25) is 0 Å². The average Bonchev–Trinajstić information content (AvgIpc) is 3.56. The molecule has 1 aliphatic heterocycles. The molecule has 2 fully saturated rings. The van der Waals surface area contributed by atoms with Gasteiger partial charge >= 0.3 is 0 Å². The number of nitrogens with zero attached hydrogens (tertiary/aromatic N) is 3. The smallest absolute Gasteiger partial charge is 0.233 e. The van der Waals surface area contributed by atoms with E-state index in [0.717, 1.165) is 67.0 Å². The molecule has 1 amide bonds. The molecule has 0 radical (unpaired) electrons. The first-order valence-corrected chi connectivity index (χ1v) is 12.0. The SMILES string of the molecule is O=C(C1CCCC1)N(Cc1ccccc1)Cc1c(-c2ccccc2)noc1N1CCOCC1. The van der Waals surface area contributed by atoms with Crippen molar-refractivity contribution < 1.29 is 14.1 Å². The van der Waals surface area contributed by atoms with E-state index in [1.807, 2.05) is 53.4 Å². The van der Waals surface area contributed by atoms with Crippen molar-refractivity contribution in [1.82, 2.24) is 10.1 Å². The zero-order chi connectivity index (χ0) is 22.5. The van der Waals surface area contributed by atoms with Crippen molar-refractivity contribution in [2.24, 2.45) is 5.92 Å². The van der Waals surface area contributed by atoms with Gasteiger partial charge in [0.05, 0.1) is 25.3 Å². The molecule has 5 rings (SSSR count). The third-order valence-corrected chi connectivity index (χ3v) is 6.69. The molecule has 0 bridgehead atoms. The van der Waals surface area contributed by atoms with Gasteiger partial charge in [0, 0.05) is 31.1 Å². The van der Waals surface area contributed by atoms with E-state index in [1.54, 1.807) is 0 Å². The number of morpholine rings is 1. The van der Waals surface area contributed by atoms with Gasteiger partial charge in [0.25, 0.3) is 0 Å². The maximum atomic E-state index is 13.7. The van der Waals surface area contributed by atoms with Gasteiger partial charge in [-0.05, 0) is 18.4 Å². The van der Waals surface area contributed by atoms with Gasteiger partial charge in [0.1, 0.15) is 5.69 Å². The number of hydrogen-bond acceptors (Lipinski definition) is 5. The molecule has 1 aromatic heterocycles. The van der Waals surface area contributed by atoms with Gasteiger partial charge in [-0.2, -0.15) is 0 Å². The van der Waals surface area contributed by atoms with E-state index in [-0.39, 0.29) is 11.8 Å². The van der Waals surface area contributed by atoms with Crippen molar-refractivity contribution in [2.75, 3.05) is 31.2 Å². The van der Waals surface area contributed by atoms with Crippen molar-refractivity contribution >= 4 is 11.8 Å². The number of amides is 1. The van der Waals surface area contributed by atoms with Crippen LogP contribution >= 0.6 is 0 Å². The second-order valence-electron chi connectivity index (χ2n) is 8.94. The summed E-state index contributed by atoms with van der Waals surface area (Å²) >= 11 is 0. The number of carbonyl (C=O) groups is 1. The summed E-state index contributed by atoms with van der Waals surface area (Å²) in [6.45, 7) is 3.89.